The molecule has 4 N–H and O–H groups in total. The monoisotopic (exact) mass is 475 g/mol. The molecular formula is C21H21N3O6S2. The van der Waals surface area contributed by atoms with Gasteiger partial charge in [-0.25, -0.2) is 22.0 Å². The van der Waals surface area contributed by atoms with Gasteiger partial charge in [-0.05, 0) is 61.5 Å². The molecule has 0 saturated carbocycles. The lowest BCUT2D eigenvalue weighted by Crippen LogP contribution is -2.17. The van der Waals surface area contributed by atoms with Crippen LogP contribution in [0.3, 0.4) is 0 Å². The predicted octanol–water partition coefficient (Wildman–Crippen LogP) is 2.70. The Balaban J connectivity index is 1.77. The van der Waals surface area contributed by atoms with Gasteiger partial charge in [-0.1, -0.05) is 17.7 Å². The van der Waals surface area contributed by atoms with Crippen LogP contribution in [-0.4, -0.2) is 29.9 Å². The minimum Gasteiger partial charge on any atom is -0.496 e. The lowest BCUT2D eigenvalue weighted by molar-refractivity contribution is 0.102. The number of amides is 1. The molecule has 3 rings (SSSR count). The van der Waals surface area contributed by atoms with Gasteiger partial charge >= 0.3 is 0 Å². The summed E-state index contributed by atoms with van der Waals surface area (Å²) in [6, 6.07) is 16.1. The summed E-state index contributed by atoms with van der Waals surface area (Å²) >= 11 is 0. The fraction of sp³-hybridized carbons (Fsp3) is 0.0952. The Morgan fingerprint density at radius 1 is 0.844 bits per heavy atom. The molecule has 0 spiro atoms. The van der Waals surface area contributed by atoms with Crippen molar-refractivity contribution < 1.29 is 26.4 Å². The van der Waals surface area contributed by atoms with E-state index in [1.54, 1.807) is 12.1 Å². The third-order valence-corrected chi connectivity index (χ3v) is 6.78. The average Bonchev–Trinajstić information content (AvgIpc) is 2.74. The average molecular weight is 476 g/mol. The number of benzene rings is 3. The van der Waals surface area contributed by atoms with Gasteiger partial charge in [0.1, 0.15) is 5.75 Å². The number of ether oxygens (including phenoxy) is 1. The molecule has 0 bridgehead atoms. The van der Waals surface area contributed by atoms with Crippen molar-refractivity contribution in [2.45, 2.75) is 16.7 Å². The van der Waals surface area contributed by atoms with E-state index in [4.69, 9.17) is 9.88 Å². The van der Waals surface area contributed by atoms with Crippen LogP contribution in [0, 0.1) is 6.92 Å². The van der Waals surface area contributed by atoms with Crippen LogP contribution in [0.15, 0.2) is 76.5 Å². The standard InChI is InChI=1S/C21H21N3O6S2/c1-14-3-9-17(10-4-14)32(28,29)24-16-7-5-15(6-8-16)23-21(25)19-13-18(31(22,26)27)11-12-20(19)30-2/h3-13,24H,1-2H3,(H,23,25)(H2,22,26,27). The number of hydrogen-bond acceptors (Lipinski definition) is 6. The highest BCUT2D eigenvalue weighted by Crippen LogP contribution is 2.24. The van der Waals surface area contributed by atoms with E-state index in [-0.39, 0.29) is 21.1 Å². The molecule has 11 heteroatoms. The molecule has 3 aromatic carbocycles. The Hall–Kier alpha value is -3.41. The zero-order valence-electron chi connectivity index (χ0n) is 17.2. The first-order chi connectivity index (χ1) is 15.0. The number of rotatable bonds is 7. The fourth-order valence-corrected chi connectivity index (χ4v) is 4.39. The SMILES string of the molecule is COc1ccc(S(N)(=O)=O)cc1C(=O)Nc1ccc(NS(=O)(=O)c2ccc(C)cc2)cc1. The Bertz CT molecular complexity index is 1350. The normalized spacial score (nSPS) is 11.6. The number of primary sulfonamides is 1. The highest BCUT2D eigenvalue weighted by Gasteiger charge is 2.18. The smallest absolute Gasteiger partial charge is 0.261 e. The van der Waals surface area contributed by atoms with Crippen LogP contribution in [0.4, 0.5) is 11.4 Å². The Morgan fingerprint density at radius 3 is 1.97 bits per heavy atom. The highest BCUT2D eigenvalue weighted by atomic mass is 32.2. The van der Waals surface area contributed by atoms with Gasteiger partial charge in [-0.15, -0.1) is 0 Å². The molecule has 0 heterocycles. The zero-order valence-corrected chi connectivity index (χ0v) is 18.8. The molecule has 0 aliphatic rings. The van der Waals surface area contributed by atoms with E-state index < -0.39 is 26.0 Å². The van der Waals surface area contributed by atoms with Crippen molar-refractivity contribution in [3.63, 3.8) is 0 Å². The predicted molar refractivity (Wildman–Crippen MR) is 121 cm³/mol. The first-order valence-electron chi connectivity index (χ1n) is 9.21. The molecule has 0 unspecified atom stereocenters. The van der Waals surface area contributed by atoms with Gasteiger partial charge < -0.3 is 10.1 Å². The maximum absolute atomic E-state index is 12.7. The number of sulfonamides is 2. The van der Waals surface area contributed by atoms with Crippen LogP contribution in [-0.2, 0) is 20.0 Å². The summed E-state index contributed by atoms with van der Waals surface area (Å²) in [5.41, 5.74) is 1.58. The van der Waals surface area contributed by atoms with E-state index in [0.717, 1.165) is 11.6 Å². The van der Waals surface area contributed by atoms with E-state index in [2.05, 4.69) is 10.0 Å². The topological polar surface area (TPSA) is 145 Å². The van der Waals surface area contributed by atoms with Crippen molar-refractivity contribution >= 4 is 37.3 Å². The molecule has 168 valence electrons. The van der Waals surface area contributed by atoms with Gasteiger partial charge in [-0.2, -0.15) is 0 Å². The van der Waals surface area contributed by atoms with Crippen LogP contribution in [0.25, 0.3) is 0 Å². The van der Waals surface area contributed by atoms with E-state index in [1.165, 1.54) is 55.6 Å². The number of aryl methyl sites for hydroxylation is 1. The fourth-order valence-electron chi connectivity index (χ4n) is 2.79. The minimum atomic E-state index is -4.01. The lowest BCUT2D eigenvalue weighted by atomic mass is 10.1. The lowest BCUT2D eigenvalue weighted by Gasteiger charge is -2.12. The van der Waals surface area contributed by atoms with Crippen LogP contribution in [0.5, 0.6) is 5.75 Å². The number of methoxy groups -OCH3 is 1. The van der Waals surface area contributed by atoms with E-state index in [9.17, 15) is 21.6 Å². The number of carbonyl (C=O) groups excluding carboxylic acids is 1. The highest BCUT2D eigenvalue weighted by molar-refractivity contribution is 7.92. The second kappa shape index (κ2) is 8.99. The van der Waals surface area contributed by atoms with Gasteiger partial charge in [0.05, 0.1) is 22.5 Å². The van der Waals surface area contributed by atoms with Crippen molar-refractivity contribution in [1.29, 1.82) is 0 Å². The summed E-state index contributed by atoms with van der Waals surface area (Å²) in [6.07, 6.45) is 0. The van der Waals surface area contributed by atoms with Crippen LogP contribution in [0.1, 0.15) is 15.9 Å². The molecule has 0 aliphatic heterocycles. The Labute approximate surface area is 186 Å². The molecule has 0 aliphatic carbocycles. The summed E-state index contributed by atoms with van der Waals surface area (Å²) < 4.78 is 55.7. The molecule has 1 amide bonds. The van der Waals surface area contributed by atoms with Crippen molar-refractivity contribution in [3.05, 3.63) is 77.9 Å². The molecule has 0 saturated heterocycles. The summed E-state index contributed by atoms with van der Waals surface area (Å²) in [7, 11) is -6.42. The van der Waals surface area contributed by atoms with Crippen molar-refractivity contribution in [2.75, 3.05) is 17.1 Å². The summed E-state index contributed by atoms with van der Waals surface area (Å²) in [5, 5.41) is 7.74. The van der Waals surface area contributed by atoms with Crippen LogP contribution < -0.4 is 19.9 Å². The molecule has 32 heavy (non-hydrogen) atoms. The number of hydrogen-bond donors (Lipinski definition) is 3. The number of anilines is 2. The summed E-state index contributed by atoms with van der Waals surface area (Å²) in [6.45, 7) is 1.86. The van der Waals surface area contributed by atoms with Gasteiger partial charge in [0.25, 0.3) is 15.9 Å². The van der Waals surface area contributed by atoms with Crippen LogP contribution in [0.2, 0.25) is 0 Å². The first-order valence-corrected chi connectivity index (χ1v) is 12.2. The maximum atomic E-state index is 12.7. The van der Waals surface area contributed by atoms with Gasteiger partial charge in [0.2, 0.25) is 10.0 Å². The molecule has 0 atom stereocenters. The van der Waals surface area contributed by atoms with E-state index in [1.807, 2.05) is 6.92 Å². The Kier molecular flexibility index (Phi) is 6.53. The minimum absolute atomic E-state index is 0.0248. The maximum Gasteiger partial charge on any atom is 0.261 e. The molecule has 0 fully saturated rings. The van der Waals surface area contributed by atoms with Gasteiger partial charge in [0.15, 0.2) is 0 Å². The molecule has 0 aromatic heterocycles. The Morgan fingerprint density at radius 2 is 1.41 bits per heavy atom. The van der Waals surface area contributed by atoms with Gasteiger partial charge in [0, 0.05) is 11.4 Å². The van der Waals surface area contributed by atoms with E-state index >= 15 is 0 Å². The van der Waals surface area contributed by atoms with Gasteiger partial charge in [-0.3, -0.25) is 9.52 Å². The largest absolute Gasteiger partial charge is 0.496 e. The molecule has 0 radical (unpaired) electrons. The second-order valence-corrected chi connectivity index (χ2v) is 10.1. The zero-order chi connectivity index (χ0) is 23.5. The van der Waals surface area contributed by atoms with Crippen molar-refractivity contribution in [3.8, 4) is 5.75 Å². The second-order valence-electron chi connectivity index (χ2n) is 6.86. The third kappa shape index (κ3) is 5.44. The third-order valence-electron chi connectivity index (χ3n) is 4.47. The number of nitrogens with one attached hydrogen (secondary N) is 2. The first kappa shape index (κ1) is 23.3. The van der Waals surface area contributed by atoms with E-state index in [0.29, 0.717) is 11.4 Å². The summed E-state index contributed by atoms with van der Waals surface area (Å²) in [5.74, 6) is -0.460. The van der Waals surface area contributed by atoms with Crippen molar-refractivity contribution in [2.24, 2.45) is 5.14 Å². The molecule has 3 aromatic rings. The number of nitrogens with two attached hydrogens (primary N) is 1. The van der Waals surface area contributed by atoms with Crippen molar-refractivity contribution in [1.82, 2.24) is 0 Å². The summed E-state index contributed by atoms with van der Waals surface area (Å²) in [4.78, 5) is 12.6. The molecular weight excluding hydrogens is 454 g/mol. The van der Waals surface area contributed by atoms with Crippen LogP contribution >= 0.6 is 0 Å². The quantitative estimate of drug-likeness (QED) is 0.479. The number of carbonyl (C=O) groups is 1. The molecule has 9 nitrogen and oxygen atoms in total.